The van der Waals surface area contributed by atoms with Gasteiger partial charge in [-0.25, -0.2) is 4.39 Å². The van der Waals surface area contributed by atoms with Gasteiger partial charge in [0, 0.05) is 4.91 Å². The fourth-order valence-corrected chi connectivity index (χ4v) is 1.91. The highest BCUT2D eigenvalue weighted by molar-refractivity contribution is 6.47. The first-order valence-corrected chi connectivity index (χ1v) is 6.64. The molecule has 24 heavy (non-hydrogen) atoms. The number of nitrogens with zero attached hydrogens (tertiary/aromatic N) is 3. The highest BCUT2D eigenvalue weighted by atomic mass is 19.4. The second kappa shape index (κ2) is 9.34. The van der Waals surface area contributed by atoms with Crippen molar-refractivity contribution < 1.29 is 36.9 Å². The lowest BCUT2D eigenvalue weighted by Gasteiger charge is -2.16. The van der Waals surface area contributed by atoms with E-state index < -0.39 is 56.3 Å². The molecule has 0 spiro atoms. The van der Waals surface area contributed by atoms with Crippen molar-refractivity contribution >= 4 is 13.2 Å². The number of carbonyl (C=O) groups excluding carboxylic acids is 1. The lowest BCUT2D eigenvalue weighted by molar-refractivity contribution is -0.173. The highest BCUT2D eigenvalue weighted by Crippen LogP contribution is 2.26. The zero-order valence-electron chi connectivity index (χ0n) is 12.2. The number of halogens is 4. The Hall–Kier alpha value is -2.00. The molecule has 1 aliphatic heterocycles. The Morgan fingerprint density at radius 2 is 2.25 bits per heavy atom. The predicted molar refractivity (Wildman–Crippen MR) is 73.5 cm³/mol. The largest absolute Gasteiger partial charge is 0.471 e. The van der Waals surface area contributed by atoms with Crippen molar-refractivity contribution in [2.24, 2.45) is 5.11 Å². The Morgan fingerprint density at radius 3 is 2.83 bits per heavy atom. The number of amides is 1. The maximum atomic E-state index is 14.1. The Bertz CT molecular complexity index is 546. The first kappa shape index (κ1) is 20.1. The zero-order chi connectivity index (χ0) is 18.2. The van der Waals surface area contributed by atoms with Crippen LogP contribution < -0.4 is 5.32 Å². The maximum Gasteiger partial charge on any atom is 0.471 e. The first-order chi connectivity index (χ1) is 11.3. The molecule has 0 aromatic heterocycles. The molecule has 0 radical (unpaired) electrons. The monoisotopic (exact) mass is 352 g/mol. The van der Waals surface area contributed by atoms with E-state index in [0.717, 1.165) is 0 Å². The number of aliphatic hydroxyl groups excluding tert-OH is 1. The molecular weight excluding hydrogens is 339 g/mol. The summed E-state index contributed by atoms with van der Waals surface area (Å²) in [7, 11) is -0.180. The van der Waals surface area contributed by atoms with Crippen LogP contribution in [0.4, 0.5) is 17.6 Å². The molecule has 1 heterocycles. The van der Waals surface area contributed by atoms with E-state index in [0.29, 0.717) is 0 Å². The third kappa shape index (κ3) is 5.90. The van der Waals surface area contributed by atoms with Gasteiger partial charge in [0.25, 0.3) is 0 Å². The molecule has 2 N–H and O–H groups in total. The number of aliphatic hydroxyl groups is 1. The van der Waals surface area contributed by atoms with Crippen LogP contribution in [0.25, 0.3) is 10.4 Å². The molecule has 8 nitrogen and oxygen atoms in total. The Morgan fingerprint density at radius 1 is 1.54 bits per heavy atom. The van der Waals surface area contributed by atoms with Gasteiger partial charge < -0.3 is 19.9 Å². The molecule has 1 saturated heterocycles. The predicted octanol–water partition coefficient (Wildman–Crippen LogP) is -0.229. The molecule has 0 bridgehead atoms. The van der Waals surface area contributed by atoms with Crippen molar-refractivity contribution in [3.63, 3.8) is 0 Å². The number of alkyl halides is 4. The summed E-state index contributed by atoms with van der Waals surface area (Å²) in [5.41, 5.74) is 8.12. The van der Waals surface area contributed by atoms with E-state index in [1.807, 2.05) is 0 Å². The van der Waals surface area contributed by atoms with Crippen LogP contribution in [-0.2, 0) is 14.3 Å². The van der Waals surface area contributed by atoms with E-state index in [1.54, 1.807) is 0 Å². The van der Waals surface area contributed by atoms with Crippen LogP contribution >= 0.6 is 0 Å². The van der Waals surface area contributed by atoms with Crippen molar-refractivity contribution in [1.82, 2.24) is 5.32 Å². The van der Waals surface area contributed by atoms with Gasteiger partial charge >= 0.3 is 12.1 Å². The topological polar surface area (TPSA) is 117 Å². The second-order valence-corrected chi connectivity index (χ2v) is 4.57. The molecule has 0 aromatic rings. The highest BCUT2D eigenvalue weighted by Gasteiger charge is 2.45. The summed E-state index contributed by atoms with van der Waals surface area (Å²) in [6.45, 7) is -1.53. The molecule has 13 heteroatoms. The molecule has 1 fully saturated rings. The first-order valence-electron chi connectivity index (χ1n) is 6.64. The molecule has 0 aliphatic carbocycles. The van der Waals surface area contributed by atoms with Gasteiger partial charge in [0.1, 0.15) is 25.1 Å². The molecule has 4 atom stereocenters. The number of hydrogen-bond donors (Lipinski definition) is 2. The minimum absolute atomic E-state index is 0.180. The Kier molecular flexibility index (Phi) is 7.80. The number of ether oxygens (including phenoxy) is 2. The van der Waals surface area contributed by atoms with Gasteiger partial charge in [0.2, 0.25) is 7.28 Å². The van der Waals surface area contributed by atoms with E-state index in [-0.39, 0.29) is 7.28 Å². The van der Waals surface area contributed by atoms with Crippen LogP contribution in [0.2, 0.25) is 0 Å². The van der Waals surface area contributed by atoms with Crippen LogP contribution in [0, 0.1) is 11.7 Å². The number of azide groups is 1. The lowest BCUT2D eigenvalue weighted by Crippen LogP contribution is -2.37. The van der Waals surface area contributed by atoms with Crippen LogP contribution in [0.15, 0.2) is 5.11 Å². The van der Waals surface area contributed by atoms with Crippen LogP contribution in [0.5, 0.6) is 0 Å². The number of carbonyl (C=O) groups is 1. The third-order valence-electron chi connectivity index (χ3n) is 2.98. The molecule has 1 rings (SSSR count). The number of hydrogen-bond acceptors (Lipinski definition) is 5. The van der Waals surface area contributed by atoms with E-state index in [9.17, 15) is 22.4 Å². The number of nitrogens with one attached hydrogen (secondary N) is 1. The van der Waals surface area contributed by atoms with Gasteiger partial charge in [-0.2, -0.15) is 19.0 Å². The van der Waals surface area contributed by atoms with Crippen molar-refractivity contribution in [3.05, 3.63) is 10.4 Å². The third-order valence-corrected chi connectivity index (χ3v) is 2.98. The molecule has 0 saturated carbocycles. The summed E-state index contributed by atoms with van der Waals surface area (Å²) < 4.78 is 60.0. The standard InChI is InChI=1S/C11H13BF4N4O4/c13-7-8(23-5-19-20-17)6(4-21)24-9(7)12-2-1-3-18-10(22)11(14,15)16/h6-9,12,21H,3-5H2,(H,18,22)/t6-,7?,8?,9-/m1/s1. The van der Waals surface area contributed by atoms with Crippen LogP contribution in [0.1, 0.15) is 0 Å². The Balaban J connectivity index is 2.47. The normalized spacial score (nSPS) is 26.0. The quantitative estimate of drug-likeness (QED) is 0.172. The summed E-state index contributed by atoms with van der Waals surface area (Å²) in [4.78, 5) is 12.9. The van der Waals surface area contributed by atoms with E-state index in [2.05, 4.69) is 21.8 Å². The van der Waals surface area contributed by atoms with Gasteiger partial charge in [-0.3, -0.25) is 4.79 Å². The smallest absolute Gasteiger partial charge is 0.394 e. The van der Waals surface area contributed by atoms with E-state index >= 15 is 0 Å². The van der Waals surface area contributed by atoms with Crippen molar-refractivity contribution in [3.8, 4) is 11.7 Å². The Labute approximate surface area is 134 Å². The van der Waals surface area contributed by atoms with E-state index in [1.165, 1.54) is 5.32 Å². The minimum Gasteiger partial charge on any atom is -0.394 e. The van der Waals surface area contributed by atoms with E-state index in [4.69, 9.17) is 20.1 Å². The van der Waals surface area contributed by atoms with Gasteiger partial charge in [0.15, 0.2) is 0 Å². The lowest BCUT2D eigenvalue weighted by atomic mass is 9.70. The molecule has 1 amide bonds. The summed E-state index contributed by atoms with van der Waals surface area (Å²) in [6, 6.07) is -1.07. The molecule has 2 unspecified atom stereocenters. The average Bonchev–Trinajstić information content (AvgIpc) is 2.82. The van der Waals surface area contributed by atoms with Gasteiger partial charge in [0.05, 0.1) is 19.2 Å². The summed E-state index contributed by atoms with van der Waals surface area (Å²) >= 11 is 0. The summed E-state index contributed by atoms with van der Waals surface area (Å²) in [5, 5.41) is 13.7. The summed E-state index contributed by atoms with van der Waals surface area (Å²) in [5.74, 6) is 2.50. The van der Waals surface area contributed by atoms with Crippen molar-refractivity contribution in [1.29, 1.82) is 0 Å². The maximum absolute atomic E-state index is 14.1. The van der Waals surface area contributed by atoms with Gasteiger partial charge in [-0.05, 0) is 5.53 Å². The fraction of sp³-hybridized carbons (Fsp3) is 0.727. The van der Waals surface area contributed by atoms with Crippen molar-refractivity contribution in [2.75, 3.05) is 19.9 Å². The molecule has 0 aromatic carbocycles. The minimum atomic E-state index is -4.99. The molecule has 132 valence electrons. The second-order valence-electron chi connectivity index (χ2n) is 4.57. The fourth-order valence-electron chi connectivity index (χ4n) is 1.91. The average molecular weight is 352 g/mol. The molecule has 1 aliphatic rings. The molecular formula is C11H13BF4N4O4. The van der Waals surface area contributed by atoms with Crippen LogP contribution in [-0.4, -0.2) is 68.7 Å². The summed E-state index contributed by atoms with van der Waals surface area (Å²) in [6.07, 6.45) is -8.80. The van der Waals surface area contributed by atoms with Crippen molar-refractivity contribution in [2.45, 2.75) is 30.6 Å². The number of rotatable bonds is 6. The van der Waals surface area contributed by atoms with Gasteiger partial charge in [-0.15, -0.1) is 0 Å². The zero-order valence-corrected chi connectivity index (χ0v) is 12.2. The van der Waals surface area contributed by atoms with Crippen LogP contribution in [0.3, 0.4) is 0 Å². The van der Waals surface area contributed by atoms with Gasteiger partial charge in [-0.1, -0.05) is 11.0 Å². The SMILES string of the molecule is [N-]=[N+]=NCOC1C(F)[C@H](BC#CCNC(=O)C(F)(F)F)O[C@@H]1CO.